The van der Waals surface area contributed by atoms with Crippen LogP contribution < -0.4 is 14.8 Å². The third-order valence-corrected chi connectivity index (χ3v) is 4.73. The molecule has 1 unspecified atom stereocenters. The highest BCUT2D eigenvalue weighted by Gasteiger charge is 2.09. The molecule has 28 heavy (non-hydrogen) atoms. The molecule has 0 heterocycles. The molecule has 1 N–H and O–H groups in total. The first-order valence-corrected chi connectivity index (χ1v) is 9.97. The molecule has 3 nitrogen and oxygen atoms in total. The van der Waals surface area contributed by atoms with Crippen LogP contribution in [0.5, 0.6) is 11.5 Å². The number of aryl methyl sites for hydroxylation is 1. The van der Waals surface area contributed by atoms with E-state index >= 15 is 0 Å². The van der Waals surface area contributed by atoms with Crippen LogP contribution in [0, 0.1) is 6.92 Å². The molecule has 1 atom stereocenters. The van der Waals surface area contributed by atoms with E-state index in [-0.39, 0.29) is 6.10 Å². The molecule has 3 aromatic carbocycles. The first-order chi connectivity index (χ1) is 13.7. The van der Waals surface area contributed by atoms with Crippen molar-refractivity contribution in [2.75, 3.05) is 18.5 Å². The smallest absolute Gasteiger partial charge is 0.122 e. The summed E-state index contributed by atoms with van der Waals surface area (Å²) in [5, 5.41) is 3.46. The lowest BCUT2D eigenvalue weighted by Gasteiger charge is -2.20. The van der Waals surface area contributed by atoms with Crippen molar-refractivity contribution < 1.29 is 9.47 Å². The second kappa shape index (κ2) is 10.4. The van der Waals surface area contributed by atoms with E-state index in [1.54, 1.807) is 0 Å². The van der Waals surface area contributed by atoms with Crippen LogP contribution in [0.1, 0.15) is 24.5 Å². The van der Waals surface area contributed by atoms with Gasteiger partial charge in [-0.1, -0.05) is 55.5 Å². The van der Waals surface area contributed by atoms with Crippen molar-refractivity contribution in [3.05, 3.63) is 90.0 Å². The number of hydrogen-bond donors (Lipinski definition) is 1. The van der Waals surface area contributed by atoms with E-state index in [4.69, 9.17) is 9.47 Å². The third kappa shape index (κ3) is 6.05. The number of anilines is 1. The number of ether oxygens (including phenoxy) is 2. The van der Waals surface area contributed by atoms with Crippen LogP contribution in [0.15, 0.2) is 78.9 Å². The number of nitrogens with one attached hydrogen (secondary N) is 1. The Kier molecular flexibility index (Phi) is 7.36. The Morgan fingerprint density at radius 3 is 2.29 bits per heavy atom. The zero-order valence-corrected chi connectivity index (χ0v) is 16.7. The summed E-state index contributed by atoms with van der Waals surface area (Å²) >= 11 is 0. The van der Waals surface area contributed by atoms with Crippen molar-refractivity contribution in [3.63, 3.8) is 0 Å². The number of benzene rings is 3. The molecule has 3 aromatic rings. The fourth-order valence-electron chi connectivity index (χ4n) is 2.97. The second-order valence-corrected chi connectivity index (χ2v) is 6.90. The first kappa shape index (κ1) is 19.8. The largest absolute Gasteiger partial charge is 0.493 e. The number of hydrogen-bond acceptors (Lipinski definition) is 3. The van der Waals surface area contributed by atoms with Gasteiger partial charge in [-0.2, -0.15) is 0 Å². The Labute approximate surface area is 168 Å². The lowest BCUT2D eigenvalue weighted by Crippen LogP contribution is -2.25. The first-order valence-electron chi connectivity index (χ1n) is 9.97. The average Bonchev–Trinajstić information content (AvgIpc) is 2.74. The van der Waals surface area contributed by atoms with E-state index in [1.165, 1.54) is 5.56 Å². The van der Waals surface area contributed by atoms with Crippen LogP contribution in [-0.4, -0.2) is 19.3 Å². The minimum atomic E-state index is 0.128. The Hall–Kier alpha value is -2.94. The van der Waals surface area contributed by atoms with Gasteiger partial charge in [0.05, 0.1) is 13.2 Å². The lowest BCUT2D eigenvalue weighted by atomic mass is 10.2. The van der Waals surface area contributed by atoms with Crippen LogP contribution in [0.3, 0.4) is 0 Å². The molecule has 3 rings (SSSR count). The van der Waals surface area contributed by atoms with Gasteiger partial charge in [-0.15, -0.1) is 0 Å². The standard InChI is InChI=1S/C25H29NO2/c1-3-23(28-25-12-8-7-9-20(25)2)19-26-22-13-15-24(16-14-22)27-18-17-21-10-5-4-6-11-21/h4-16,23,26H,3,17-19H2,1-2H3. The fourth-order valence-corrected chi connectivity index (χ4v) is 2.97. The van der Waals surface area contributed by atoms with Gasteiger partial charge in [0.15, 0.2) is 0 Å². The summed E-state index contributed by atoms with van der Waals surface area (Å²) in [6, 6.07) is 26.7. The maximum atomic E-state index is 6.15. The van der Waals surface area contributed by atoms with Crippen molar-refractivity contribution in [1.82, 2.24) is 0 Å². The van der Waals surface area contributed by atoms with Gasteiger partial charge in [-0.25, -0.2) is 0 Å². The minimum Gasteiger partial charge on any atom is -0.493 e. The Morgan fingerprint density at radius 2 is 1.57 bits per heavy atom. The van der Waals surface area contributed by atoms with Gasteiger partial charge in [0.25, 0.3) is 0 Å². The van der Waals surface area contributed by atoms with Gasteiger partial charge in [-0.3, -0.25) is 0 Å². The second-order valence-electron chi connectivity index (χ2n) is 6.90. The number of rotatable bonds is 10. The summed E-state index contributed by atoms with van der Waals surface area (Å²) in [5.74, 6) is 1.85. The zero-order chi connectivity index (χ0) is 19.6. The van der Waals surface area contributed by atoms with Crippen molar-refractivity contribution in [1.29, 1.82) is 0 Å². The molecular weight excluding hydrogens is 346 g/mol. The minimum absolute atomic E-state index is 0.128. The Balaban J connectivity index is 1.45. The van der Waals surface area contributed by atoms with Crippen LogP contribution in [0.25, 0.3) is 0 Å². The average molecular weight is 376 g/mol. The predicted molar refractivity (Wildman–Crippen MR) is 116 cm³/mol. The highest BCUT2D eigenvalue weighted by Crippen LogP contribution is 2.20. The van der Waals surface area contributed by atoms with Crippen LogP contribution in [0.4, 0.5) is 5.69 Å². The van der Waals surface area contributed by atoms with Crippen LogP contribution >= 0.6 is 0 Å². The van der Waals surface area contributed by atoms with Gasteiger partial charge in [0.1, 0.15) is 17.6 Å². The van der Waals surface area contributed by atoms with Crippen molar-refractivity contribution >= 4 is 5.69 Å². The van der Waals surface area contributed by atoms with Crippen molar-refractivity contribution in [2.24, 2.45) is 0 Å². The summed E-state index contributed by atoms with van der Waals surface area (Å²) in [7, 11) is 0. The van der Waals surface area contributed by atoms with E-state index in [0.717, 1.165) is 42.1 Å². The maximum absolute atomic E-state index is 6.15. The van der Waals surface area contributed by atoms with Gasteiger partial charge in [0, 0.05) is 12.1 Å². The number of para-hydroxylation sites is 1. The van der Waals surface area contributed by atoms with Gasteiger partial charge in [-0.05, 0) is 54.8 Å². The Morgan fingerprint density at radius 1 is 0.857 bits per heavy atom. The molecule has 0 aliphatic heterocycles. The summed E-state index contributed by atoms with van der Waals surface area (Å²) in [6.45, 7) is 5.66. The zero-order valence-electron chi connectivity index (χ0n) is 16.7. The third-order valence-electron chi connectivity index (χ3n) is 4.73. The van der Waals surface area contributed by atoms with Crippen molar-refractivity contribution in [3.8, 4) is 11.5 Å². The molecule has 3 heteroatoms. The maximum Gasteiger partial charge on any atom is 0.122 e. The van der Waals surface area contributed by atoms with Crippen LogP contribution in [0.2, 0.25) is 0 Å². The molecule has 0 saturated carbocycles. The Bertz CT molecular complexity index is 831. The van der Waals surface area contributed by atoms with E-state index in [2.05, 4.69) is 61.6 Å². The molecule has 0 bridgehead atoms. The van der Waals surface area contributed by atoms with Crippen LogP contribution in [-0.2, 0) is 6.42 Å². The van der Waals surface area contributed by atoms with Gasteiger partial charge < -0.3 is 14.8 Å². The molecule has 0 aliphatic carbocycles. The summed E-state index contributed by atoms with van der Waals surface area (Å²) in [6.07, 6.45) is 1.99. The highest BCUT2D eigenvalue weighted by atomic mass is 16.5. The monoisotopic (exact) mass is 375 g/mol. The molecule has 146 valence electrons. The topological polar surface area (TPSA) is 30.5 Å². The molecular formula is C25H29NO2. The lowest BCUT2D eigenvalue weighted by molar-refractivity contribution is 0.208. The van der Waals surface area contributed by atoms with Crippen molar-refractivity contribution in [2.45, 2.75) is 32.8 Å². The highest BCUT2D eigenvalue weighted by molar-refractivity contribution is 5.46. The van der Waals surface area contributed by atoms with E-state index < -0.39 is 0 Å². The fraction of sp³-hybridized carbons (Fsp3) is 0.280. The molecule has 0 fully saturated rings. The molecule has 0 aliphatic rings. The quantitative estimate of drug-likeness (QED) is 0.479. The molecule has 0 amide bonds. The van der Waals surface area contributed by atoms with Gasteiger partial charge in [0.2, 0.25) is 0 Å². The van der Waals surface area contributed by atoms with Gasteiger partial charge >= 0.3 is 0 Å². The van der Waals surface area contributed by atoms with E-state index in [0.29, 0.717) is 6.61 Å². The molecule has 0 radical (unpaired) electrons. The van der Waals surface area contributed by atoms with E-state index in [9.17, 15) is 0 Å². The summed E-state index contributed by atoms with van der Waals surface area (Å²) in [5.41, 5.74) is 3.53. The SMILES string of the molecule is CCC(CNc1ccc(OCCc2ccccc2)cc1)Oc1ccccc1C. The summed E-state index contributed by atoms with van der Waals surface area (Å²) in [4.78, 5) is 0. The normalized spacial score (nSPS) is 11.6. The summed E-state index contributed by atoms with van der Waals surface area (Å²) < 4.78 is 12.0. The molecule has 0 spiro atoms. The molecule has 0 aromatic heterocycles. The predicted octanol–water partition coefficient (Wildman–Crippen LogP) is 5.89. The van der Waals surface area contributed by atoms with E-state index in [1.807, 2.05) is 36.4 Å². The molecule has 0 saturated heterocycles.